The molecule has 0 amide bonds. The normalized spacial score (nSPS) is 10.5. The Balaban J connectivity index is 2.72. The third kappa shape index (κ3) is 5.92. The highest BCUT2D eigenvalue weighted by molar-refractivity contribution is 4.42. The molecule has 2 nitrogen and oxygen atoms in total. The Labute approximate surface area is 51.0 Å². The fourth-order valence-corrected chi connectivity index (χ4v) is 0.575. The lowest BCUT2D eigenvalue weighted by Gasteiger charge is -2.00. The first kappa shape index (κ1) is 7.92. The number of hydrogen-bond donors (Lipinski definition) is 1. The lowest BCUT2D eigenvalue weighted by molar-refractivity contribution is 0.131. The van der Waals surface area contributed by atoms with Gasteiger partial charge in [0.15, 0.2) is 0 Å². The van der Waals surface area contributed by atoms with Crippen molar-refractivity contribution in [3.8, 4) is 0 Å². The smallest absolute Gasteiger partial charge is 0.0679 e. The van der Waals surface area contributed by atoms with Gasteiger partial charge in [0.05, 0.1) is 6.61 Å². The van der Waals surface area contributed by atoms with E-state index in [0.717, 1.165) is 12.3 Å². The van der Waals surface area contributed by atoms with Crippen molar-refractivity contribution in [3.05, 3.63) is 0 Å². The molecule has 0 aromatic rings. The van der Waals surface area contributed by atoms with E-state index < -0.39 is 0 Å². The minimum atomic E-state index is 0.693. The molecule has 8 heavy (non-hydrogen) atoms. The zero-order valence-corrected chi connectivity index (χ0v) is 5.68. The Morgan fingerprint density at radius 3 is 2.50 bits per heavy atom. The van der Waals surface area contributed by atoms with E-state index in [4.69, 9.17) is 5.90 Å². The van der Waals surface area contributed by atoms with Crippen molar-refractivity contribution in [1.82, 2.24) is 0 Å². The SMILES string of the molecule is CC(C)CCCON. The Morgan fingerprint density at radius 2 is 2.12 bits per heavy atom. The molecule has 0 atom stereocenters. The molecule has 0 heterocycles. The number of hydrogen-bond acceptors (Lipinski definition) is 2. The van der Waals surface area contributed by atoms with Gasteiger partial charge in [-0.15, -0.1) is 0 Å². The Bertz CT molecular complexity index is 45.8. The lowest BCUT2D eigenvalue weighted by Crippen LogP contribution is -2.01. The maximum Gasteiger partial charge on any atom is 0.0679 e. The first-order valence-corrected chi connectivity index (χ1v) is 3.09. The van der Waals surface area contributed by atoms with Crippen LogP contribution < -0.4 is 5.90 Å². The Morgan fingerprint density at radius 1 is 1.50 bits per heavy atom. The summed E-state index contributed by atoms with van der Waals surface area (Å²) in [6.45, 7) is 5.07. The molecule has 0 aromatic carbocycles. The van der Waals surface area contributed by atoms with Gasteiger partial charge in [0, 0.05) is 0 Å². The summed E-state index contributed by atoms with van der Waals surface area (Å²) < 4.78 is 0. The van der Waals surface area contributed by atoms with Crippen molar-refractivity contribution in [3.63, 3.8) is 0 Å². The van der Waals surface area contributed by atoms with Gasteiger partial charge in [-0.25, -0.2) is 5.90 Å². The van der Waals surface area contributed by atoms with Crippen molar-refractivity contribution in [1.29, 1.82) is 0 Å². The van der Waals surface area contributed by atoms with Crippen LogP contribution in [0, 0.1) is 5.92 Å². The fourth-order valence-electron chi connectivity index (χ4n) is 0.575. The predicted octanol–water partition coefficient (Wildman–Crippen LogP) is 1.31. The number of nitrogens with two attached hydrogens (primary N) is 1. The average molecular weight is 117 g/mol. The zero-order chi connectivity index (χ0) is 6.41. The van der Waals surface area contributed by atoms with E-state index in [9.17, 15) is 0 Å². The Kier molecular flexibility index (Phi) is 5.01. The summed E-state index contributed by atoms with van der Waals surface area (Å²) in [5.74, 6) is 5.58. The van der Waals surface area contributed by atoms with Gasteiger partial charge in [-0.1, -0.05) is 13.8 Å². The molecule has 0 spiro atoms. The van der Waals surface area contributed by atoms with Crippen LogP contribution in [0.4, 0.5) is 0 Å². The standard InChI is InChI=1S/C6H15NO/c1-6(2)4-3-5-8-7/h6H,3-5,7H2,1-2H3. The summed E-state index contributed by atoms with van der Waals surface area (Å²) in [4.78, 5) is 4.39. The highest BCUT2D eigenvalue weighted by atomic mass is 16.6. The zero-order valence-electron chi connectivity index (χ0n) is 5.68. The molecule has 0 aliphatic carbocycles. The van der Waals surface area contributed by atoms with E-state index in [1.54, 1.807) is 0 Å². The molecule has 0 unspecified atom stereocenters. The minimum Gasteiger partial charge on any atom is -0.305 e. The summed E-state index contributed by atoms with van der Waals surface area (Å²) in [5.41, 5.74) is 0. The molecule has 0 aliphatic heterocycles. The van der Waals surface area contributed by atoms with E-state index in [1.165, 1.54) is 6.42 Å². The van der Waals surface area contributed by atoms with Crippen molar-refractivity contribution < 1.29 is 4.84 Å². The van der Waals surface area contributed by atoms with E-state index in [1.807, 2.05) is 0 Å². The monoisotopic (exact) mass is 117 g/mol. The summed E-state index contributed by atoms with van der Waals surface area (Å²) in [7, 11) is 0. The maximum absolute atomic E-state index is 4.81. The molecule has 2 N–H and O–H groups in total. The summed E-state index contributed by atoms with van der Waals surface area (Å²) in [6.07, 6.45) is 2.28. The maximum atomic E-state index is 4.81. The topological polar surface area (TPSA) is 35.2 Å². The van der Waals surface area contributed by atoms with Gasteiger partial charge in [0.1, 0.15) is 0 Å². The molecule has 0 aliphatic rings. The largest absolute Gasteiger partial charge is 0.305 e. The van der Waals surface area contributed by atoms with Crippen LogP contribution >= 0.6 is 0 Å². The fraction of sp³-hybridized carbons (Fsp3) is 1.00. The van der Waals surface area contributed by atoms with Crippen LogP contribution in [0.3, 0.4) is 0 Å². The van der Waals surface area contributed by atoms with Crippen LogP contribution in [0.15, 0.2) is 0 Å². The van der Waals surface area contributed by atoms with E-state index >= 15 is 0 Å². The van der Waals surface area contributed by atoms with Crippen molar-refractivity contribution in [2.24, 2.45) is 11.8 Å². The molecule has 0 saturated heterocycles. The molecular weight excluding hydrogens is 102 g/mol. The van der Waals surface area contributed by atoms with Crippen molar-refractivity contribution in [2.45, 2.75) is 26.7 Å². The molecule has 0 saturated carbocycles. The van der Waals surface area contributed by atoms with Crippen LogP contribution in [0.5, 0.6) is 0 Å². The highest BCUT2D eigenvalue weighted by Gasteiger charge is 1.91. The molecule has 0 aromatic heterocycles. The van der Waals surface area contributed by atoms with Crippen molar-refractivity contribution >= 4 is 0 Å². The van der Waals surface area contributed by atoms with E-state index in [-0.39, 0.29) is 0 Å². The molecule has 0 fully saturated rings. The molecule has 50 valence electrons. The highest BCUT2D eigenvalue weighted by Crippen LogP contribution is 2.01. The lowest BCUT2D eigenvalue weighted by atomic mass is 10.1. The second kappa shape index (κ2) is 5.06. The second-order valence-electron chi connectivity index (χ2n) is 2.41. The van der Waals surface area contributed by atoms with Crippen LogP contribution in [0.25, 0.3) is 0 Å². The van der Waals surface area contributed by atoms with Gasteiger partial charge < -0.3 is 4.84 Å². The van der Waals surface area contributed by atoms with Gasteiger partial charge >= 0.3 is 0 Å². The molecular formula is C6H15NO. The minimum absolute atomic E-state index is 0.693. The molecule has 2 heteroatoms. The average Bonchev–Trinajstić information content (AvgIpc) is 1.66. The molecule has 0 bridgehead atoms. The second-order valence-corrected chi connectivity index (χ2v) is 2.41. The molecule has 0 rings (SSSR count). The van der Waals surface area contributed by atoms with Crippen LogP contribution in [0.1, 0.15) is 26.7 Å². The van der Waals surface area contributed by atoms with Crippen LogP contribution in [-0.2, 0) is 4.84 Å². The summed E-state index contributed by atoms with van der Waals surface area (Å²) in [6, 6.07) is 0. The molecule has 0 radical (unpaired) electrons. The van der Waals surface area contributed by atoms with Crippen molar-refractivity contribution in [2.75, 3.05) is 6.61 Å². The predicted molar refractivity (Wildman–Crippen MR) is 34.2 cm³/mol. The third-order valence-corrected chi connectivity index (χ3v) is 1.04. The van der Waals surface area contributed by atoms with Crippen LogP contribution in [-0.4, -0.2) is 6.61 Å². The van der Waals surface area contributed by atoms with Gasteiger partial charge in [0.2, 0.25) is 0 Å². The Hall–Kier alpha value is -0.0800. The quantitative estimate of drug-likeness (QED) is 0.445. The third-order valence-electron chi connectivity index (χ3n) is 1.04. The van der Waals surface area contributed by atoms with Crippen LogP contribution in [0.2, 0.25) is 0 Å². The number of rotatable bonds is 4. The van der Waals surface area contributed by atoms with Gasteiger partial charge in [-0.3, -0.25) is 0 Å². The van der Waals surface area contributed by atoms with E-state index in [2.05, 4.69) is 18.7 Å². The van der Waals surface area contributed by atoms with E-state index in [0.29, 0.717) is 6.61 Å². The summed E-state index contributed by atoms with van der Waals surface area (Å²) >= 11 is 0. The van der Waals surface area contributed by atoms with Gasteiger partial charge in [-0.2, -0.15) is 0 Å². The van der Waals surface area contributed by atoms with Gasteiger partial charge in [-0.05, 0) is 18.8 Å². The van der Waals surface area contributed by atoms with Gasteiger partial charge in [0.25, 0.3) is 0 Å². The first-order valence-electron chi connectivity index (χ1n) is 3.09. The summed E-state index contributed by atoms with van der Waals surface area (Å²) in [5, 5.41) is 0. The first-order chi connectivity index (χ1) is 3.77.